The molecule has 1 aromatic carbocycles. The Morgan fingerprint density at radius 3 is 2.52 bits per heavy atom. The third-order valence-electron chi connectivity index (χ3n) is 3.80. The lowest BCUT2D eigenvalue weighted by Gasteiger charge is -2.34. The average molecular weight is 292 g/mol. The summed E-state index contributed by atoms with van der Waals surface area (Å²) in [6, 6.07) is 4.88. The molecular weight excluding hydrogens is 271 g/mol. The van der Waals surface area contributed by atoms with Crippen molar-refractivity contribution in [2.24, 2.45) is 0 Å². The number of piperazine rings is 1. The molecule has 0 atom stereocenters. The Hall–Kier alpha value is -1.72. The zero-order valence-electron chi connectivity index (χ0n) is 12.3. The summed E-state index contributed by atoms with van der Waals surface area (Å²) in [4.78, 5) is 15.1. The maximum atomic E-state index is 14.1. The molecule has 2 rings (SSSR count). The van der Waals surface area contributed by atoms with Crippen LogP contribution in [0.1, 0.15) is 18.1 Å². The van der Waals surface area contributed by atoms with E-state index in [1.165, 1.54) is 12.1 Å². The smallest absolute Gasteiger partial charge is 0.328 e. The van der Waals surface area contributed by atoms with Crippen molar-refractivity contribution < 1.29 is 14.3 Å². The molecule has 4 nitrogen and oxygen atoms in total. The van der Waals surface area contributed by atoms with Crippen LogP contribution >= 0.6 is 0 Å². The van der Waals surface area contributed by atoms with Crippen molar-refractivity contribution in [3.05, 3.63) is 41.2 Å². The summed E-state index contributed by atoms with van der Waals surface area (Å²) in [6.07, 6.45) is 2.41. The van der Waals surface area contributed by atoms with Gasteiger partial charge in [-0.3, -0.25) is 4.90 Å². The Bertz CT molecular complexity index is 523. The van der Waals surface area contributed by atoms with Gasteiger partial charge in [0.05, 0.1) is 0 Å². The highest BCUT2D eigenvalue weighted by Crippen LogP contribution is 2.15. The fourth-order valence-electron chi connectivity index (χ4n) is 2.47. The third kappa shape index (κ3) is 4.65. The highest BCUT2D eigenvalue weighted by atomic mass is 19.1. The standard InChI is InChI=1S/C16H21FN2O2/c1-2-18-7-9-19(10-8-18)12-14-5-3-13(11-15(14)17)4-6-16(20)21/h3-6,11H,2,7-10,12H2,1H3,(H,20,21). The van der Waals surface area contributed by atoms with Crippen LogP contribution in [0.25, 0.3) is 6.08 Å². The highest BCUT2D eigenvalue weighted by molar-refractivity contribution is 5.85. The Balaban J connectivity index is 1.97. The first kappa shape index (κ1) is 15.7. The van der Waals surface area contributed by atoms with Gasteiger partial charge < -0.3 is 10.0 Å². The van der Waals surface area contributed by atoms with Crippen LogP contribution in [-0.2, 0) is 11.3 Å². The molecule has 0 aliphatic carbocycles. The lowest BCUT2D eigenvalue weighted by atomic mass is 10.1. The average Bonchev–Trinajstić information content (AvgIpc) is 2.48. The van der Waals surface area contributed by atoms with Gasteiger partial charge in [0.2, 0.25) is 0 Å². The number of benzene rings is 1. The largest absolute Gasteiger partial charge is 0.478 e. The first-order valence-electron chi connectivity index (χ1n) is 7.22. The summed E-state index contributed by atoms with van der Waals surface area (Å²) in [6.45, 7) is 7.77. The monoisotopic (exact) mass is 292 g/mol. The summed E-state index contributed by atoms with van der Waals surface area (Å²) in [5.74, 6) is -1.31. The predicted octanol–water partition coefficient (Wildman–Crippen LogP) is 2.06. The van der Waals surface area contributed by atoms with Gasteiger partial charge in [-0.2, -0.15) is 0 Å². The fourth-order valence-corrected chi connectivity index (χ4v) is 2.47. The van der Waals surface area contributed by atoms with E-state index in [0.29, 0.717) is 17.7 Å². The number of halogens is 1. The second kappa shape index (κ2) is 7.33. The summed E-state index contributed by atoms with van der Waals surface area (Å²) in [5, 5.41) is 8.57. The summed E-state index contributed by atoms with van der Waals surface area (Å²) < 4.78 is 14.1. The van der Waals surface area contributed by atoms with Crippen molar-refractivity contribution in [1.29, 1.82) is 0 Å². The number of likely N-dealkylation sites (N-methyl/N-ethyl adjacent to an activating group) is 1. The molecule has 1 saturated heterocycles. The molecule has 114 valence electrons. The van der Waals surface area contributed by atoms with E-state index < -0.39 is 5.97 Å². The normalized spacial score (nSPS) is 17.4. The number of carbonyl (C=O) groups is 1. The topological polar surface area (TPSA) is 43.8 Å². The molecule has 0 amide bonds. The Labute approximate surface area is 124 Å². The van der Waals surface area contributed by atoms with Crippen LogP contribution in [-0.4, -0.2) is 53.6 Å². The van der Waals surface area contributed by atoms with Gasteiger partial charge in [-0.1, -0.05) is 19.1 Å². The first-order chi connectivity index (χ1) is 10.1. The Morgan fingerprint density at radius 1 is 1.29 bits per heavy atom. The van der Waals surface area contributed by atoms with Crippen molar-refractivity contribution in [2.75, 3.05) is 32.7 Å². The second-order valence-corrected chi connectivity index (χ2v) is 5.23. The van der Waals surface area contributed by atoms with Crippen LogP contribution in [0.2, 0.25) is 0 Å². The quantitative estimate of drug-likeness (QED) is 0.844. The number of nitrogens with zero attached hydrogens (tertiary/aromatic N) is 2. The number of aliphatic carboxylic acids is 1. The van der Waals surface area contributed by atoms with Gasteiger partial charge in [-0.25, -0.2) is 9.18 Å². The minimum atomic E-state index is -1.03. The molecular formula is C16H21FN2O2. The van der Waals surface area contributed by atoms with Crippen molar-refractivity contribution >= 4 is 12.0 Å². The van der Waals surface area contributed by atoms with E-state index in [0.717, 1.165) is 38.8 Å². The SMILES string of the molecule is CCN1CCN(Cc2ccc(C=CC(=O)O)cc2F)CC1. The molecule has 1 N–H and O–H groups in total. The number of carboxylic acid groups (broad SMARTS) is 1. The van der Waals surface area contributed by atoms with E-state index in [1.54, 1.807) is 12.1 Å². The van der Waals surface area contributed by atoms with Crippen molar-refractivity contribution in [3.63, 3.8) is 0 Å². The molecule has 0 bridgehead atoms. The number of hydrogen-bond acceptors (Lipinski definition) is 3. The van der Waals surface area contributed by atoms with E-state index in [-0.39, 0.29) is 5.82 Å². The van der Waals surface area contributed by atoms with Gasteiger partial charge in [0, 0.05) is 44.4 Å². The second-order valence-electron chi connectivity index (χ2n) is 5.23. The van der Waals surface area contributed by atoms with Gasteiger partial charge in [0.25, 0.3) is 0 Å². The van der Waals surface area contributed by atoms with Crippen LogP contribution in [0.4, 0.5) is 4.39 Å². The van der Waals surface area contributed by atoms with Gasteiger partial charge in [0.15, 0.2) is 0 Å². The minimum Gasteiger partial charge on any atom is -0.478 e. The van der Waals surface area contributed by atoms with E-state index in [1.807, 2.05) is 0 Å². The molecule has 1 aliphatic rings. The van der Waals surface area contributed by atoms with Crippen LogP contribution in [0.15, 0.2) is 24.3 Å². The van der Waals surface area contributed by atoms with E-state index in [4.69, 9.17) is 5.11 Å². The molecule has 0 saturated carbocycles. The summed E-state index contributed by atoms with van der Waals surface area (Å²) >= 11 is 0. The van der Waals surface area contributed by atoms with Crippen molar-refractivity contribution in [2.45, 2.75) is 13.5 Å². The van der Waals surface area contributed by atoms with Crippen LogP contribution in [0.3, 0.4) is 0 Å². The number of rotatable bonds is 5. The first-order valence-corrected chi connectivity index (χ1v) is 7.22. The number of hydrogen-bond donors (Lipinski definition) is 1. The van der Waals surface area contributed by atoms with Crippen molar-refractivity contribution in [1.82, 2.24) is 9.80 Å². The summed E-state index contributed by atoms with van der Waals surface area (Å²) in [7, 11) is 0. The fraction of sp³-hybridized carbons (Fsp3) is 0.438. The molecule has 0 aromatic heterocycles. The van der Waals surface area contributed by atoms with E-state index in [2.05, 4.69) is 16.7 Å². The maximum absolute atomic E-state index is 14.1. The van der Waals surface area contributed by atoms with Crippen LogP contribution in [0.5, 0.6) is 0 Å². The number of carboxylic acids is 1. The van der Waals surface area contributed by atoms with E-state index in [9.17, 15) is 9.18 Å². The van der Waals surface area contributed by atoms with Gasteiger partial charge >= 0.3 is 5.97 Å². The highest BCUT2D eigenvalue weighted by Gasteiger charge is 2.16. The van der Waals surface area contributed by atoms with E-state index >= 15 is 0 Å². The van der Waals surface area contributed by atoms with Gasteiger partial charge in [-0.15, -0.1) is 0 Å². The third-order valence-corrected chi connectivity index (χ3v) is 3.80. The molecule has 5 heteroatoms. The lowest BCUT2D eigenvalue weighted by molar-refractivity contribution is -0.131. The molecule has 1 aliphatic heterocycles. The molecule has 1 fully saturated rings. The van der Waals surface area contributed by atoms with Gasteiger partial charge in [-0.05, 0) is 24.3 Å². The Morgan fingerprint density at radius 2 is 1.95 bits per heavy atom. The molecule has 0 radical (unpaired) electrons. The zero-order chi connectivity index (χ0) is 15.2. The molecule has 21 heavy (non-hydrogen) atoms. The predicted molar refractivity (Wildman–Crippen MR) is 80.5 cm³/mol. The van der Waals surface area contributed by atoms with Crippen molar-refractivity contribution in [3.8, 4) is 0 Å². The molecule has 0 spiro atoms. The summed E-state index contributed by atoms with van der Waals surface area (Å²) in [5.41, 5.74) is 1.22. The molecule has 0 unspecified atom stereocenters. The molecule has 1 heterocycles. The molecule has 1 aromatic rings. The lowest BCUT2D eigenvalue weighted by Crippen LogP contribution is -2.45. The minimum absolute atomic E-state index is 0.277. The van der Waals surface area contributed by atoms with Crippen LogP contribution in [0, 0.1) is 5.82 Å². The maximum Gasteiger partial charge on any atom is 0.328 e. The zero-order valence-corrected chi connectivity index (χ0v) is 12.3. The van der Waals surface area contributed by atoms with Crippen LogP contribution < -0.4 is 0 Å². The van der Waals surface area contributed by atoms with Gasteiger partial charge in [0.1, 0.15) is 5.82 Å². The Kier molecular flexibility index (Phi) is 5.47.